The third-order valence-corrected chi connectivity index (χ3v) is 3.17. The number of pyridine rings is 1. The number of rotatable bonds is 3. The summed E-state index contributed by atoms with van der Waals surface area (Å²) in [7, 11) is 0. The van der Waals surface area contributed by atoms with Gasteiger partial charge in [-0.3, -0.25) is 0 Å². The van der Waals surface area contributed by atoms with Crippen molar-refractivity contribution in [2.24, 2.45) is 0 Å². The maximum Gasteiger partial charge on any atom is 0.416 e. The minimum Gasteiger partial charge on any atom is -0.346 e. The van der Waals surface area contributed by atoms with Crippen LogP contribution in [0.2, 0.25) is 0 Å². The highest BCUT2D eigenvalue weighted by atomic mass is 32.1. The Morgan fingerprint density at radius 1 is 1.15 bits per heavy atom. The highest BCUT2D eigenvalue weighted by molar-refractivity contribution is 7.71. The summed E-state index contributed by atoms with van der Waals surface area (Å²) in [6.45, 7) is 2.06. The zero-order valence-corrected chi connectivity index (χ0v) is 11.7. The van der Waals surface area contributed by atoms with Crippen LogP contribution in [0, 0.1) is 4.64 Å². The molecule has 1 aromatic heterocycles. The van der Waals surface area contributed by atoms with E-state index < -0.39 is 11.7 Å². The van der Waals surface area contributed by atoms with Crippen LogP contribution >= 0.6 is 12.2 Å². The molecule has 0 spiro atoms. The molecular formula is C15H14F3NS. The number of hydrogen-bond acceptors (Lipinski definition) is 1. The van der Waals surface area contributed by atoms with Crippen molar-refractivity contribution in [1.29, 1.82) is 0 Å². The summed E-state index contributed by atoms with van der Waals surface area (Å²) in [6.07, 6.45) is -2.51. The quantitative estimate of drug-likeness (QED) is 0.752. The minimum absolute atomic E-state index is 0.0794. The number of aromatic nitrogens is 1. The molecule has 1 nitrogen and oxygen atoms in total. The first-order valence-electron chi connectivity index (χ1n) is 6.31. The molecule has 0 aliphatic heterocycles. The number of benzene rings is 1. The second kappa shape index (κ2) is 5.79. The van der Waals surface area contributed by atoms with Crippen LogP contribution in [0.25, 0.3) is 11.3 Å². The fraction of sp³-hybridized carbons (Fsp3) is 0.267. The van der Waals surface area contributed by atoms with Crippen LogP contribution in [-0.2, 0) is 12.6 Å². The summed E-state index contributed by atoms with van der Waals surface area (Å²) in [4.78, 5) is 2.82. The second-order valence-corrected chi connectivity index (χ2v) is 5.03. The van der Waals surface area contributed by atoms with E-state index in [1.807, 2.05) is 18.2 Å². The predicted octanol–water partition coefficient (Wildman–Crippen LogP) is 5.38. The Bertz CT molecular complexity index is 659. The van der Waals surface area contributed by atoms with Crippen LogP contribution in [-0.4, -0.2) is 4.98 Å². The van der Waals surface area contributed by atoms with Crippen LogP contribution in [0.15, 0.2) is 36.4 Å². The number of alkyl halides is 3. The normalized spacial score (nSPS) is 11.6. The molecule has 0 saturated carbocycles. The molecule has 0 bridgehead atoms. The number of H-pyrrole nitrogens is 1. The van der Waals surface area contributed by atoms with Crippen molar-refractivity contribution >= 4 is 12.2 Å². The number of aryl methyl sites for hydroxylation is 1. The monoisotopic (exact) mass is 297 g/mol. The van der Waals surface area contributed by atoms with Gasteiger partial charge in [0.05, 0.1) is 5.56 Å². The van der Waals surface area contributed by atoms with E-state index in [1.54, 1.807) is 6.07 Å². The second-order valence-electron chi connectivity index (χ2n) is 4.60. The molecular weight excluding hydrogens is 283 g/mol. The Labute approximate surface area is 120 Å². The standard InChI is InChI=1S/C15H14F3NS/c1-2-4-10-5-3-6-11(7-10)13-8-12(15(16,17)18)9-14(20)19-13/h3,5-9H,2,4H2,1H3,(H,19,20). The molecule has 2 rings (SSSR count). The molecule has 2 aromatic rings. The van der Waals surface area contributed by atoms with Crippen molar-refractivity contribution in [2.45, 2.75) is 25.9 Å². The maximum atomic E-state index is 12.8. The third-order valence-electron chi connectivity index (χ3n) is 2.95. The van der Waals surface area contributed by atoms with E-state index in [1.165, 1.54) is 0 Å². The number of aromatic amines is 1. The first-order chi connectivity index (χ1) is 9.40. The molecule has 106 valence electrons. The molecule has 0 atom stereocenters. The molecule has 5 heteroatoms. The molecule has 0 amide bonds. The van der Waals surface area contributed by atoms with E-state index in [9.17, 15) is 13.2 Å². The lowest BCUT2D eigenvalue weighted by Gasteiger charge is -2.10. The smallest absolute Gasteiger partial charge is 0.346 e. The lowest BCUT2D eigenvalue weighted by Crippen LogP contribution is -2.05. The predicted molar refractivity (Wildman–Crippen MR) is 76.1 cm³/mol. The Kier molecular flexibility index (Phi) is 4.28. The van der Waals surface area contributed by atoms with Gasteiger partial charge in [0.15, 0.2) is 0 Å². The Morgan fingerprint density at radius 3 is 2.55 bits per heavy atom. The molecule has 0 aliphatic carbocycles. The van der Waals surface area contributed by atoms with E-state index in [0.29, 0.717) is 11.3 Å². The average Bonchev–Trinajstić information content (AvgIpc) is 2.38. The van der Waals surface area contributed by atoms with Gasteiger partial charge in [0.2, 0.25) is 0 Å². The van der Waals surface area contributed by atoms with Gasteiger partial charge in [0, 0.05) is 5.69 Å². The molecule has 0 aliphatic rings. The van der Waals surface area contributed by atoms with Gasteiger partial charge in [-0.15, -0.1) is 0 Å². The lowest BCUT2D eigenvalue weighted by molar-refractivity contribution is -0.137. The summed E-state index contributed by atoms with van der Waals surface area (Å²) < 4.78 is 38.5. The molecule has 0 unspecified atom stereocenters. The summed E-state index contributed by atoms with van der Waals surface area (Å²) in [5.41, 5.74) is 1.48. The van der Waals surface area contributed by atoms with Crippen molar-refractivity contribution in [3.8, 4) is 11.3 Å². The lowest BCUT2D eigenvalue weighted by atomic mass is 10.0. The van der Waals surface area contributed by atoms with E-state index in [4.69, 9.17) is 12.2 Å². The van der Waals surface area contributed by atoms with Gasteiger partial charge >= 0.3 is 6.18 Å². The number of hydrogen-bond donors (Lipinski definition) is 1. The van der Waals surface area contributed by atoms with Crippen molar-refractivity contribution in [2.75, 3.05) is 0 Å². The molecule has 0 fully saturated rings. The van der Waals surface area contributed by atoms with Gasteiger partial charge in [0.25, 0.3) is 0 Å². The Hall–Kier alpha value is -1.62. The van der Waals surface area contributed by atoms with Crippen molar-refractivity contribution in [3.05, 3.63) is 52.2 Å². The van der Waals surface area contributed by atoms with Gasteiger partial charge in [-0.1, -0.05) is 43.8 Å². The minimum atomic E-state index is -4.39. The van der Waals surface area contributed by atoms with E-state index in [-0.39, 0.29) is 4.64 Å². The summed E-state index contributed by atoms with van der Waals surface area (Å²) >= 11 is 4.88. The zero-order valence-electron chi connectivity index (χ0n) is 10.9. The highest BCUT2D eigenvalue weighted by Gasteiger charge is 2.31. The maximum absolute atomic E-state index is 12.8. The van der Waals surface area contributed by atoms with Crippen molar-refractivity contribution < 1.29 is 13.2 Å². The van der Waals surface area contributed by atoms with Crippen LogP contribution in [0.3, 0.4) is 0 Å². The number of nitrogens with one attached hydrogen (secondary N) is 1. The highest BCUT2D eigenvalue weighted by Crippen LogP contribution is 2.31. The molecule has 1 heterocycles. The van der Waals surface area contributed by atoms with Crippen LogP contribution < -0.4 is 0 Å². The van der Waals surface area contributed by atoms with Crippen molar-refractivity contribution in [3.63, 3.8) is 0 Å². The van der Waals surface area contributed by atoms with Gasteiger partial charge < -0.3 is 4.98 Å². The molecule has 20 heavy (non-hydrogen) atoms. The topological polar surface area (TPSA) is 15.8 Å². The third kappa shape index (κ3) is 3.48. The Morgan fingerprint density at radius 2 is 1.90 bits per heavy atom. The fourth-order valence-corrected chi connectivity index (χ4v) is 2.28. The van der Waals surface area contributed by atoms with Crippen LogP contribution in [0.1, 0.15) is 24.5 Å². The number of halogens is 3. The SMILES string of the molecule is CCCc1cccc(-c2cc(C(F)(F)F)cc(=S)[nH]2)c1. The van der Waals surface area contributed by atoms with Gasteiger partial charge in [-0.2, -0.15) is 13.2 Å². The Balaban J connectivity index is 2.50. The van der Waals surface area contributed by atoms with Gasteiger partial charge in [-0.25, -0.2) is 0 Å². The summed E-state index contributed by atoms with van der Waals surface area (Å²) in [5.74, 6) is 0. The van der Waals surface area contributed by atoms with Gasteiger partial charge in [-0.05, 0) is 35.7 Å². The van der Waals surface area contributed by atoms with E-state index in [2.05, 4.69) is 11.9 Å². The summed E-state index contributed by atoms with van der Waals surface area (Å²) in [5, 5.41) is 0. The first-order valence-corrected chi connectivity index (χ1v) is 6.72. The molecule has 0 radical (unpaired) electrons. The molecule has 1 N–H and O–H groups in total. The summed E-state index contributed by atoms with van der Waals surface area (Å²) in [6, 6.07) is 9.52. The van der Waals surface area contributed by atoms with E-state index >= 15 is 0 Å². The zero-order chi connectivity index (χ0) is 14.8. The van der Waals surface area contributed by atoms with Crippen LogP contribution in [0.5, 0.6) is 0 Å². The van der Waals surface area contributed by atoms with Gasteiger partial charge in [0.1, 0.15) is 4.64 Å². The van der Waals surface area contributed by atoms with Crippen LogP contribution in [0.4, 0.5) is 13.2 Å². The molecule has 1 aromatic carbocycles. The van der Waals surface area contributed by atoms with E-state index in [0.717, 1.165) is 30.5 Å². The largest absolute Gasteiger partial charge is 0.416 e. The first kappa shape index (κ1) is 14.8. The average molecular weight is 297 g/mol. The molecule has 0 saturated heterocycles. The fourth-order valence-electron chi connectivity index (χ4n) is 2.05. The van der Waals surface area contributed by atoms with Crippen molar-refractivity contribution in [1.82, 2.24) is 4.98 Å².